The molecule has 0 aliphatic carbocycles. The van der Waals surface area contributed by atoms with Gasteiger partial charge < -0.3 is 14.4 Å². The Labute approximate surface area is 159 Å². The summed E-state index contributed by atoms with van der Waals surface area (Å²) in [7, 11) is 1.67. The van der Waals surface area contributed by atoms with Crippen LogP contribution < -0.4 is 9.64 Å². The predicted molar refractivity (Wildman–Crippen MR) is 105 cm³/mol. The lowest BCUT2D eigenvalue weighted by molar-refractivity contribution is 0.0692. The van der Waals surface area contributed by atoms with Crippen molar-refractivity contribution in [1.82, 2.24) is 0 Å². The summed E-state index contributed by atoms with van der Waals surface area (Å²) in [6, 6.07) is 16.6. The van der Waals surface area contributed by atoms with Gasteiger partial charge in [-0.05, 0) is 48.2 Å². The molecule has 2 aliphatic heterocycles. The zero-order chi connectivity index (χ0) is 16.6. The maximum atomic E-state index is 8.99. The Morgan fingerprint density at radius 2 is 1.72 bits per heavy atom. The zero-order valence-electron chi connectivity index (χ0n) is 14.3. The molecule has 0 atom stereocenters. The second kappa shape index (κ2) is 7.18. The summed E-state index contributed by atoms with van der Waals surface area (Å²) in [6.45, 7) is 2.17. The van der Waals surface area contributed by atoms with Crippen LogP contribution in [0.25, 0.3) is 0 Å². The van der Waals surface area contributed by atoms with Gasteiger partial charge in [-0.2, -0.15) is 0 Å². The minimum Gasteiger partial charge on any atom is -0.497 e. The van der Waals surface area contributed by atoms with Crippen molar-refractivity contribution in [3.8, 4) is 5.75 Å². The van der Waals surface area contributed by atoms with Crippen LogP contribution in [-0.4, -0.2) is 26.2 Å². The SMILES string of the molecule is Br.COc1ccc(N2Cc3ccccc3C3(CCOCC3)C2=N)cc1. The fourth-order valence-corrected chi connectivity index (χ4v) is 3.97. The highest BCUT2D eigenvalue weighted by Crippen LogP contribution is 2.43. The van der Waals surface area contributed by atoms with Crippen molar-refractivity contribution in [3.63, 3.8) is 0 Å². The number of methoxy groups -OCH3 is 1. The predicted octanol–water partition coefficient (Wildman–Crippen LogP) is 4.32. The van der Waals surface area contributed by atoms with Gasteiger partial charge in [0.05, 0.1) is 12.5 Å². The summed E-state index contributed by atoms with van der Waals surface area (Å²) in [5.41, 5.74) is 3.43. The fourth-order valence-electron chi connectivity index (χ4n) is 3.97. The Morgan fingerprint density at radius 1 is 1.04 bits per heavy atom. The van der Waals surface area contributed by atoms with E-state index in [-0.39, 0.29) is 22.4 Å². The van der Waals surface area contributed by atoms with E-state index in [1.807, 2.05) is 24.3 Å². The molecule has 25 heavy (non-hydrogen) atoms. The summed E-state index contributed by atoms with van der Waals surface area (Å²) < 4.78 is 10.9. The molecular formula is C20H23BrN2O2. The third kappa shape index (κ3) is 2.96. The summed E-state index contributed by atoms with van der Waals surface area (Å²) in [6.07, 6.45) is 1.74. The second-order valence-electron chi connectivity index (χ2n) is 6.48. The number of halogens is 1. The monoisotopic (exact) mass is 402 g/mol. The Bertz CT molecular complexity index is 755. The molecule has 1 N–H and O–H groups in total. The van der Waals surface area contributed by atoms with Crippen molar-refractivity contribution in [2.75, 3.05) is 25.2 Å². The van der Waals surface area contributed by atoms with Crippen LogP contribution >= 0.6 is 17.0 Å². The van der Waals surface area contributed by atoms with Gasteiger partial charge in [-0.1, -0.05) is 24.3 Å². The van der Waals surface area contributed by atoms with E-state index < -0.39 is 0 Å². The summed E-state index contributed by atoms with van der Waals surface area (Å²) in [5, 5.41) is 8.99. The van der Waals surface area contributed by atoms with E-state index in [1.165, 1.54) is 11.1 Å². The van der Waals surface area contributed by atoms with Crippen LogP contribution in [0.3, 0.4) is 0 Å². The van der Waals surface area contributed by atoms with Crippen molar-refractivity contribution in [2.24, 2.45) is 0 Å². The van der Waals surface area contributed by atoms with Crippen molar-refractivity contribution in [3.05, 3.63) is 59.7 Å². The van der Waals surface area contributed by atoms with Crippen LogP contribution in [-0.2, 0) is 16.7 Å². The van der Waals surface area contributed by atoms with Gasteiger partial charge in [0, 0.05) is 25.4 Å². The summed E-state index contributed by atoms with van der Waals surface area (Å²) in [5.74, 6) is 1.53. The lowest BCUT2D eigenvalue weighted by Crippen LogP contribution is -2.53. The molecular weight excluding hydrogens is 380 g/mol. The van der Waals surface area contributed by atoms with Crippen LogP contribution in [0.4, 0.5) is 5.69 Å². The van der Waals surface area contributed by atoms with Gasteiger partial charge in [-0.3, -0.25) is 5.41 Å². The number of fused-ring (bicyclic) bond motifs is 2. The molecule has 5 heteroatoms. The van der Waals surface area contributed by atoms with E-state index >= 15 is 0 Å². The molecule has 0 radical (unpaired) electrons. The summed E-state index contributed by atoms with van der Waals surface area (Å²) in [4.78, 5) is 2.13. The zero-order valence-corrected chi connectivity index (χ0v) is 16.0. The second-order valence-corrected chi connectivity index (χ2v) is 6.48. The molecule has 2 aromatic carbocycles. The van der Waals surface area contributed by atoms with Crippen LogP contribution in [0.5, 0.6) is 5.75 Å². The van der Waals surface area contributed by atoms with Crippen LogP contribution in [0.2, 0.25) is 0 Å². The first kappa shape index (κ1) is 18.0. The molecule has 0 bridgehead atoms. The van der Waals surface area contributed by atoms with Crippen LogP contribution in [0, 0.1) is 5.41 Å². The lowest BCUT2D eigenvalue weighted by atomic mass is 9.69. The molecule has 132 valence electrons. The van der Waals surface area contributed by atoms with Gasteiger partial charge in [0.2, 0.25) is 0 Å². The number of benzene rings is 2. The van der Waals surface area contributed by atoms with Gasteiger partial charge in [0.1, 0.15) is 11.6 Å². The molecule has 4 nitrogen and oxygen atoms in total. The van der Waals surface area contributed by atoms with E-state index in [2.05, 4.69) is 29.2 Å². The molecule has 2 aliphatic rings. The van der Waals surface area contributed by atoms with Crippen molar-refractivity contribution in [1.29, 1.82) is 5.41 Å². The quantitative estimate of drug-likeness (QED) is 0.813. The first-order valence-electron chi connectivity index (χ1n) is 8.41. The highest BCUT2D eigenvalue weighted by molar-refractivity contribution is 8.93. The fraction of sp³-hybridized carbons (Fsp3) is 0.350. The molecule has 2 aromatic rings. The van der Waals surface area contributed by atoms with Gasteiger partial charge in [0.25, 0.3) is 0 Å². The Kier molecular flexibility index (Phi) is 5.16. The highest BCUT2D eigenvalue weighted by Gasteiger charge is 2.45. The first-order valence-corrected chi connectivity index (χ1v) is 8.41. The molecule has 2 heterocycles. The van der Waals surface area contributed by atoms with Crippen molar-refractivity contribution in [2.45, 2.75) is 24.8 Å². The number of nitrogens with one attached hydrogen (secondary N) is 1. The largest absolute Gasteiger partial charge is 0.497 e. The number of amidine groups is 1. The minimum atomic E-state index is -0.229. The molecule has 1 spiro atoms. The van der Waals surface area contributed by atoms with Crippen molar-refractivity contribution >= 4 is 28.5 Å². The highest BCUT2D eigenvalue weighted by atomic mass is 79.9. The van der Waals surface area contributed by atoms with E-state index in [0.29, 0.717) is 19.0 Å². The third-order valence-corrected chi connectivity index (χ3v) is 5.32. The Morgan fingerprint density at radius 3 is 2.40 bits per heavy atom. The molecule has 4 rings (SSSR count). The molecule has 0 aromatic heterocycles. The van der Waals surface area contributed by atoms with Crippen LogP contribution in [0.1, 0.15) is 24.0 Å². The molecule has 1 fully saturated rings. The Hall–Kier alpha value is -1.85. The maximum Gasteiger partial charge on any atom is 0.119 e. The van der Waals surface area contributed by atoms with E-state index in [1.54, 1.807) is 7.11 Å². The Balaban J connectivity index is 0.00000182. The smallest absolute Gasteiger partial charge is 0.119 e. The van der Waals surface area contributed by atoms with E-state index in [0.717, 1.165) is 30.8 Å². The number of rotatable bonds is 2. The molecule has 0 unspecified atom stereocenters. The number of nitrogens with zero attached hydrogens (tertiary/aromatic N) is 1. The van der Waals surface area contributed by atoms with Gasteiger partial charge in [-0.15, -0.1) is 17.0 Å². The molecule has 1 saturated heterocycles. The average molecular weight is 403 g/mol. The van der Waals surface area contributed by atoms with E-state index in [9.17, 15) is 0 Å². The normalized spacial score (nSPS) is 18.4. The standard InChI is InChI=1S/C20H22N2O2.BrH/c1-23-17-8-6-16(7-9-17)22-14-15-4-2-3-5-18(15)20(19(22)21)10-12-24-13-11-20;/h2-9,21H,10-14H2,1H3;1H. The van der Waals surface area contributed by atoms with Gasteiger partial charge in [-0.25, -0.2) is 0 Å². The average Bonchev–Trinajstić information content (AvgIpc) is 2.66. The maximum absolute atomic E-state index is 8.99. The van der Waals surface area contributed by atoms with Gasteiger partial charge in [0.15, 0.2) is 0 Å². The number of anilines is 1. The minimum absolute atomic E-state index is 0. The molecule has 0 saturated carbocycles. The number of hydrogen-bond acceptors (Lipinski definition) is 3. The number of ether oxygens (including phenoxy) is 2. The lowest BCUT2D eigenvalue weighted by Gasteiger charge is -2.47. The molecule has 0 amide bonds. The van der Waals surface area contributed by atoms with Gasteiger partial charge >= 0.3 is 0 Å². The van der Waals surface area contributed by atoms with Crippen molar-refractivity contribution < 1.29 is 9.47 Å². The topological polar surface area (TPSA) is 45.6 Å². The van der Waals surface area contributed by atoms with E-state index in [4.69, 9.17) is 14.9 Å². The van der Waals surface area contributed by atoms with Crippen LogP contribution in [0.15, 0.2) is 48.5 Å². The third-order valence-electron chi connectivity index (χ3n) is 5.32. The summed E-state index contributed by atoms with van der Waals surface area (Å²) >= 11 is 0. The first-order chi connectivity index (χ1) is 11.7. The number of hydrogen-bond donors (Lipinski definition) is 1.